The van der Waals surface area contributed by atoms with E-state index in [1.807, 2.05) is 0 Å². The molecule has 0 spiro atoms. The minimum atomic E-state index is 1.00. The van der Waals surface area contributed by atoms with Crippen molar-refractivity contribution in [3.05, 3.63) is 0 Å². The molecule has 2 rings (SSSR count). The van der Waals surface area contributed by atoms with Gasteiger partial charge in [0.2, 0.25) is 0 Å². The summed E-state index contributed by atoms with van der Waals surface area (Å²) in [4.78, 5) is 0. The zero-order chi connectivity index (χ0) is 8.72. The zero-order valence-electron chi connectivity index (χ0n) is 8.72. The second-order valence-electron chi connectivity index (χ2n) is 5.02. The third-order valence-corrected chi connectivity index (χ3v) is 4.07. The van der Waals surface area contributed by atoms with E-state index in [0.717, 1.165) is 5.92 Å². The molecule has 0 aromatic carbocycles. The summed E-state index contributed by atoms with van der Waals surface area (Å²) >= 11 is 0. The third-order valence-electron chi connectivity index (χ3n) is 4.07. The highest BCUT2D eigenvalue weighted by Crippen LogP contribution is 2.75. The molecule has 2 aliphatic carbocycles. The first-order valence-electron chi connectivity index (χ1n) is 5.79. The van der Waals surface area contributed by atoms with Crippen molar-refractivity contribution in [1.82, 2.24) is 0 Å². The lowest BCUT2D eigenvalue weighted by atomic mass is 9.91. The monoisotopic (exact) mass is 166 g/mol. The highest BCUT2D eigenvalue weighted by Gasteiger charge is 2.71. The van der Waals surface area contributed by atoms with Crippen molar-refractivity contribution in [2.45, 2.75) is 46.5 Å². The molecule has 3 unspecified atom stereocenters. The fraction of sp³-hybridized carbons (Fsp3) is 1.00. The Bertz CT molecular complexity index is 151. The molecule has 12 heavy (non-hydrogen) atoms. The van der Waals surface area contributed by atoms with Crippen LogP contribution in [0.3, 0.4) is 0 Å². The van der Waals surface area contributed by atoms with Gasteiger partial charge in [0.25, 0.3) is 0 Å². The summed E-state index contributed by atoms with van der Waals surface area (Å²) in [5.74, 6) is 5.76. The molecule has 0 bridgehead atoms. The summed E-state index contributed by atoms with van der Waals surface area (Å²) in [6, 6.07) is 0. The molecule has 3 atom stereocenters. The van der Waals surface area contributed by atoms with Crippen LogP contribution in [0, 0.1) is 29.6 Å². The highest BCUT2D eigenvalue weighted by molar-refractivity contribution is 5.18. The van der Waals surface area contributed by atoms with Gasteiger partial charge in [-0.05, 0) is 36.0 Å². The van der Waals surface area contributed by atoms with Gasteiger partial charge < -0.3 is 0 Å². The van der Waals surface area contributed by atoms with Crippen LogP contribution in [0.15, 0.2) is 0 Å². The molecule has 0 aromatic heterocycles. The first-order chi connectivity index (χ1) is 5.79. The summed E-state index contributed by atoms with van der Waals surface area (Å²) in [5.41, 5.74) is 0. The Balaban J connectivity index is 1.60. The molecule has 70 valence electrons. The van der Waals surface area contributed by atoms with Gasteiger partial charge in [0.05, 0.1) is 0 Å². The molecule has 0 heterocycles. The van der Waals surface area contributed by atoms with Crippen LogP contribution in [-0.2, 0) is 0 Å². The van der Waals surface area contributed by atoms with Gasteiger partial charge in [0.15, 0.2) is 0 Å². The Hall–Kier alpha value is 0. The molecule has 2 fully saturated rings. The summed E-state index contributed by atoms with van der Waals surface area (Å²) in [7, 11) is 0. The predicted octanol–water partition coefficient (Wildman–Crippen LogP) is 3.71. The van der Waals surface area contributed by atoms with Gasteiger partial charge in [0.1, 0.15) is 0 Å². The van der Waals surface area contributed by atoms with E-state index in [1.165, 1.54) is 42.9 Å². The number of fused-ring (bicyclic) bond motifs is 1. The van der Waals surface area contributed by atoms with Crippen LogP contribution in [0.4, 0.5) is 0 Å². The molecular formula is C12H22. The lowest BCUT2D eigenvalue weighted by Crippen LogP contribution is -2.05. The van der Waals surface area contributed by atoms with Crippen molar-refractivity contribution in [2.75, 3.05) is 0 Å². The van der Waals surface area contributed by atoms with E-state index in [0.29, 0.717) is 0 Å². The highest BCUT2D eigenvalue weighted by atomic mass is 14.8. The summed E-state index contributed by atoms with van der Waals surface area (Å²) in [6.45, 7) is 7.09. The Morgan fingerprint density at radius 1 is 1.08 bits per heavy atom. The fourth-order valence-electron chi connectivity index (χ4n) is 3.28. The second kappa shape index (κ2) is 3.05. The van der Waals surface area contributed by atoms with E-state index in [9.17, 15) is 0 Å². The third kappa shape index (κ3) is 1.30. The van der Waals surface area contributed by atoms with Gasteiger partial charge >= 0.3 is 0 Å². The second-order valence-corrected chi connectivity index (χ2v) is 5.02. The van der Waals surface area contributed by atoms with Crippen molar-refractivity contribution < 1.29 is 0 Å². The quantitative estimate of drug-likeness (QED) is 0.584. The molecule has 0 saturated heterocycles. The Morgan fingerprint density at radius 3 is 2.25 bits per heavy atom. The van der Waals surface area contributed by atoms with E-state index in [4.69, 9.17) is 0 Å². The summed E-state index contributed by atoms with van der Waals surface area (Å²) in [6.07, 6.45) is 5.82. The first-order valence-corrected chi connectivity index (χ1v) is 5.79. The van der Waals surface area contributed by atoms with E-state index < -0.39 is 0 Å². The van der Waals surface area contributed by atoms with E-state index in [2.05, 4.69) is 20.8 Å². The normalized spacial score (nSPS) is 45.2. The van der Waals surface area contributed by atoms with Crippen molar-refractivity contribution in [3.8, 4) is 0 Å². The van der Waals surface area contributed by atoms with Gasteiger partial charge in [-0.1, -0.05) is 40.0 Å². The van der Waals surface area contributed by atoms with Crippen LogP contribution in [-0.4, -0.2) is 0 Å². The molecular weight excluding hydrogens is 144 g/mol. The van der Waals surface area contributed by atoms with Gasteiger partial charge in [-0.25, -0.2) is 0 Å². The molecule has 0 aliphatic heterocycles. The molecule has 2 saturated carbocycles. The van der Waals surface area contributed by atoms with Crippen LogP contribution >= 0.6 is 0 Å². The van der Waals surface area contributed by atoms with Gasteiger partial charge in [0, 0.05) is 0 Å². The van der Waals surface area contributed by atoms with E-state index >= 15 is 0 Å². The van der Waals surface area contributed by atoms with Gasteiger partial charge in [-0.2, -0.15) is 0 Å². The Labute approximate surface area is 76.7 Å². The van der Waals surface area contributed by atoms with Crippen LogP contribution in [0.5, 0.6) is 0 Å². The average Bonchev–Trinajstić information content (AvgIpc) is 2.87. The van der Waals surface area contributed by atoms with Gasteiger partial charge in [-0.15, -0.1) is 0 Å². The molecule has 0 radical (unpaired) electrons. The van der Waals surface area contributed by atoms with E-state index in [-0.39, 0.29) is 0 Å². The van der Waals surface area contributed by atoms with E-state index in [1.54, 1.807) is 6.42 Å². The minimum Gasteiger partial charge on any atom is -0.0654 e. The lowest BCUT2D eigenvalue weighted by molar-refractivity contribution is 0.361. The van der Waals surface area contributed by atoms with Crippen LogP contribution < -0.4 is 0 Å². The van der Waals surface area contributed by atoms with Crippen LogP contribution in [0.1, 0.15) is 46.5 Å². The maximum atomic E-state index is 2.43. The van der Waals surface area contributed by atoms with Crippen molar-refractivity contribution >= 4 is 0 Å². The molecule has 0 aromatic rings. The molecule has 0 nitrogen and oxygen atoms in total. The number of hydrogen-bond donors (Lipinski definition) is 0. The zero-order valence-corrected chi connectivity index (χ0v) is 8.72. The predicted molar refractivity (Wildman–Crippen MR) is 52.9 cm³/mol. The van der Waals surface area contributed by atoms with Crippen molar-refractivity contribution in [3.63, 3.8) is 0 Å². The summed E-state index contributed by atoms with van der Waals surface area (Å²) < 4.78 is 0. The lowest BCUT2D eigenvalue weighted by Gasteiger charge is -2.14. The Kier molecular flexibility index (Phi) is 2.18. The first kappa shape index (κ1) is 8.59. The number of rotatable bonds is 5. The van der Waals surface area contributed by atoms with Crippen LogP contribution in [0.25, 0.3) is 0 Å². The Morgan fingerprint density at radius 2 is 1.75 bits per heavy atom. The van der Waals surface area contributed by atoms with Crippen molar-refractivity contribution in [2.24, 2.45) is 29.6 Å². The van der Waals surface area contributed by atoms with Crippen molar-refractivity contribution in [1.29, 1.82) is 0 Å². The maximum absolute atomic E-state index is 2.43. The SMILES string of the molecule is CCCC(C)CC1C2C(CC)C12. The molecule has 0 heteroatoms. The standard InChI is InChI=1S/C12H22/c1-4-6-8(3)7-10-11-9(5-2)12(10)11/h8-12H,4-7H2,1-3H3. The largest absolute Gasteiger partial charge is 0.0654 e. The maximum Gasteiger partial charge on any atom is -0.0318 e. The molecule has 0 N–H and O–H groups in total. The average molecular weight is 166 g/mol. The smallest absolute Gasteiger partial charge is 0.0318 e. The van der Waals surface area contributed by atoms with Gasteiger partial charge in [-0.3, -0.25) is 0 Å². The summed E-state index contributed by atoms with van der Waals surface area (Å²) in [5, 5.41) is 0. The fourth-order valence-corrected chi connectivity index (χ4v) is 3.28. The molecule has 2 aliphatic rings. The topological polar surface area (TPSA) is 0 Å². The number of hydrogen-bond acceptors (Lipinski definition) is 0. The molecule has 0 amide bonds. The minimum absolute atomic E-state index is 1.00. The van der Waals surface area contributed by atoms with Crippen LogP contribution in [0.2, 0.25) is 0 Å².